The number of thioether (sulfide) groups is 2. The summed E-state index contributed by atoms with van der Waals surface area (Å²) in [7, 11) is 0. The van der Waals surface area contributed by atoms with Gasteiger partial charge >= 0.3 is 0 Å². The van der Waals surface area contributed by atoms with Crippen molar-refractivity contribution in [2.75, 3.05) is 0 Å². The van der Waals surface area contributed by atoms with E-state index < -0.39 is 44.7 Å². The summed E-state index contributed by atoms with van der Waals surface area (Å²) in [5.74, 6) is -1.53. The van der Waals surface area contributed by atoms with Gasteiger partial charge in [0, 0.05) is 11.1 Å². The number of hydrogen-bond acceptors (Lipinski definition) is 6. The first-order valence-electron chi connectivity index (χ1n) is 13.3. The summed E-state index contributed by atoms with van der Waals surface area (Å²) >= 11 is 2.10. The van der Waals surface area contributed by atoms with E-state index in [-0.39, 0.29) is 11.6 Å². The van der Waals surface area contributed by atoms with Gasteiger partial charge in [-0.05, 0) is 67.5 Å². The Hall–Kier alpha value is -2.86. The van der Waals surface area contributed by atoms with Gasteiger partial charge in [0.2, 0.25) is 11.8 Å². The molecule has 2 aliphatic rings. The molecule has 6 nitrogen and oxygen atoms in total. The third-order valence-corrected chi connectivity index (χ3v) is 10.5. The van der Waals surface area contributed by atoms with Crippen LogP contribution >= 0.6 is 23.5 Å². The van der Waals surface area contributed by atoms with Gasteiger partial charge in [-0.3, -0.25) is 19.6 Å². The summed E-state index contributed by atoms with van der Waals surface area (Å²) in [4.78, 5) is 32.6. The monoisotopic (exact) mass is 624 g/mol. The van der Waals surface area contributed by atoms with E-state index in [1.165, 1.54) is 39.8 Å². The number of halogens is 4. The van der Waals surface area contributed by atoms with Gasteiger partial charge in [0.1, 0.15) is 32.5 Å². The van der Waals surface area contributed by atoms with E-state index in [0.29, 0.717) is 21.5 Å². The Morgan fingerprint density at radius 1 is 0.690 bits per heavy atom. The van der Waals surface area contributed by atoms with Crippen LogP contribution < -0.4 is 10.6 Å². The average molecular weight is 625 g/mol. The molecule has 0 unspecified atom stereocenters. The van der Waals surface area contributed by atoms with E-state index in [9.17, 15) is 27.2 Å². The predicted molar refractivity (Wildman–Crippen MR) is 163 cm³/mol. The highest BCUT2D eigenvalue weighted by molar-refractivity contribution is 8.16. The number of carbonyl (C=O) groups is 2. The van der Waals surface area contributed by atoms with Crippen molar-refractivity contribution in [1.29, 1.82) is 0 Å². The minimum absolute atomic E-state index is 0.323. The molecule has 2 heterocycles. The molecule has 0 aromatic heterocycles. The lowest BCUT2D eigenvalue weighted by Crippen LogP contribution is -2.48. The van der Waals surface area contributed by atoms with Gasteiger partial charge in [0.15, 0.2) is 10.3 Å². The third-order valence-electron chi connectivity index (χ3n) is 7.51. The van der Waals surface area contributed by atoms with Crippen LogP contribution in [0.4, 0.5) is 17.6 Å². The molecule has 2 aliphatic heterocycles. The van der Waals surface area contributed by atoms with Crippen LogP contribution in [0.2, 0.25) is 0 Å². The molecule has 42 heavy (non-hydrogen) atoms. The van der Waals surface area contributed by atoms with E-state index in [1.807, 2.05) is 0 Å². The second-order valence-corrected chi connectivity index (χ2v) is 14.2. The smallest absolute Gasteiger partial charge is 0.245 e. The van der Waals surface area contributed by atoms with Gasteiger partial charge in [-0.2, -0.15) is 0 Å². The van der Waals surface area contributed by atoms with Crippen molar-refractivity contribution in [1.82, 2.24) is 10.6 Å². The highest BCUT2D eigenvalue weighted by Crippen LogP contribution is 2.44. The number of amides is 2. The summed E-state index contributed by atoms with van der Waals surface area (Å²) in [6, 6.07) is 11.8. The van der Waals surface area contributed by atoms with Crippen molar-refractivity contribution < 1.29 is 27.2 Å². The predicted octanol–water partition coefficient (Wildman–Crippen LogP) is 7.23. The molecule has 2 aromatic carbocycles. The van der Waals surface area contributed by atoms with Gasteiger partial charge in [-0.1, -0.05) is 59.9 Å². The third kappa shape index (κ3) is 7.02. The fourth-order valence-corrected chi connectivity index (χ4v) is 6.24. The fraction of sp³-hybridized carbons (Fsp3) is 0.467. The number of nitrogens with zero attached hydrogens (tertiary/aromatic N) is 2. The van der Waals surface area contributed by atoms with Crippen molar-refractivity contribution in [2.45, 2.75) is 88.3 Å². The van der Waals surface area contributed by atoms with Gasteiger partial charge in [0.25, 0.3) is 0 Å². The van der Waals surface area contributed by atoms with Crippen molar-refractivity contribution in [3.8, 4) is 0 Å². The molecule has 2 fully saturated rings. The SMILES string of the molecule is C[C@H](N=C1NC(=O)[C@@](C)(C(C)(C)F)S1)c1ccccc1F.C[C@H](N=C1NC(=O)[C@](C)(C(C)(C)F)S1)c1ccccc1F. The minimum Gasteiger partial charge on any atom is -0.304 e. The summed E-state index contributed by atoms with van der Waals surface area (Å²) in [5.41, 5.74) is -2.51. The zero-order valence-corrected chi connectivity index (χ0v) is 26.4. The van der Waals surface area contributed by atoms with Crippen LogP contribution in [0.3, 0.4) is 0 Å². The first-order chi connectivity index (χ1) is 19.3. The van der Waals surface area contributed by atoms with Crippen LogP contribution in [0.1, 0.15) is 78.6 Å². The van der Waals surface area contributed by atoms with Gasteiger partial charge in [-0.25, -0.2) is 17.6 Å². The second kappa shape index (κ2) is 12.4. The quantitative estimate of drug-likeness (QED) is 0.333. The van der Waals surface area contributed by atoms with Crippen LogP contribution in [0, 0.1) is 11.6 Å². The van der Waals surface area contributed by atoms with Crippen molar-refractivity contribution >= 4 is 45.7 Å². The number of carbonyl (C=O) groups excluding carboxylic acids is 2. The van der Waals surface area contributed by atoms with Crippen LogP contribution in [0.5, 0.6) is 0 Å². The van der Waals surface area contributed by atoms with E-state index in [2.05, 4.69) is 20.6 Å². The van der Waals surface area contributed by atoms with Crippen LogP contribution in [-0.2, 0) is 9.59 Å². The number of hydrogen-bond donors (Lipinski definition) is 2. The van der Waals surface area contributed by atoms with Gasteiger partial charge in [-0.15, -0.1) is 0 Å². The Morgan fingerprint density at radius 3 is 1.26 bits per heavy atom. The zero-order valence-electron chi connectivity index (χ0n) is 24.8. The highest BCUT2D eigenvalue weighted by atomic mass is 32.2. The molecular weight excluding hydrogens is 588 g/mol. The van der Waals surface area contributed by atoms with Gasteiger partial charge in [0.05, 0.1) is 12.1 Å². The van der Waals surface area contributed by atoms with Gasteiger partial charge < -0.3 is 10.6 Å². The Bertz CT molecular complexity index is 1300. The maximum atomic E-state index is 14.2. The Kier molecular flexibility index (Phi) is 9.93. The number of alkyl halides is 2. The van der Waals surface area contributed by atoms with Crippen LogP contribution in [0.25, 0.3) is 0 Å². The normalized spacial score (nSPS) is 26.0. The lowest BCUT2D eigenvalue weighted by Gasteiger charge is -2.29. The summed E-state index contributed by atoms with van der Waals surface area (Å²) in [6.07, 6.45) is 0. The van der Waals surface area contributed by atoms with Crippen molar-refractivity contribution in [3.63, 3.8) is 0 Å². The van der Waals surface area contributed by atoms with Crippen molar-refractivity contribution in [3.05, 3.63) is 71.3 Å². The van der Waals surface area contributed by atoms with Crippen LogP contribution in [0.15, 0.2) is 58.5 Å². The number of benzene rings is 2. The van der Waals surface area contributed by atoms with Crippen LogP contribution in [-0.4, -0.2) is 43.0 Å². The topological polar surface area (TPSA) is 82.9 Å². The molecule has 228 valence electrons. The summed E-state index contributed by atoms with van der Waals surface area (Å²) in [5, 5.41) is 5.81. The molecule has 0 bridgehead atoms. The largest absolute Gasteiger partial charge is 0.304 e. The standard InChI is InChI=1S/2C15H18F2N2OS/c2*1-9(10-7-5-6-8-11(10)16)18-13-19-12(20)15(4,21-13)14(2,3)17/h2*5-9H,1-4H3,(H,18,19,20)/t9-,15+;9-,15-/m00/s1. The number of aliphatic imine (C=N–C) groups is 2. The van der Waals surface area contributed by atoms with E-state index in [0.717, 1.165) is 23.5 Å². The summed E-state index contributed by atoms with van der Waals surface area (Å²) < 4.78 is 53.4. The molecular formula is C30H36F4N4O2S2. The molecule has 2 aromatic rings. The second-order valence-electron chi connectivity index (χ2n) is 11.4. The Morgan fingerprint density at radius 2 is 1.00 bits per heavy atom. The Labute approximate surface area is 252 Å². The molecule has 2 N–H and O–H groups in total. The molecule has 4 atom stereocenters. The van der Waals surface area contributed by atoms with E-state index in [4.69, 9.17) is 0 Å². The minimum atomic E-state index is -1.69. The maximum Gasteiger partial charge on any atom is 0.245 e. The first-order valence-corrected chi connectivity index (χ1v) is 15.0. The molecule has 4 rings (SSSR count). The lowest BCUT2D eigenvalue weighted by molar-refractivity contribution is -0.125. The number of rotatable bonds is 6. The summed E-state index contributed by atoms with van der Waals surface area (Å²) in [6.45, 7) is 12.0. The highest BCUT2D eigenvalue weighted by Gasteiger charge is 2.55. The molecule has 2 saturated heterocycles. The molecule has 2 amide bonds. The molecule has 0 aliphatic carbocycles. The maximum absolute atomic E-state index is 14.2. The zero-order chi connectivity index (χ0) is 31.7. The van der Waals surface area contributed by atoms with Crippen molar-refractivity contribution in [2.24, 2.45) is 9.98 Å². The fourth-order valence-electron chi connectivity index (χ4n) is 3.98. The van der Waals surface area contributed by atoms with E-state index in [1.54, 1.807) is 64.1 Å². The Balaban J connectivity index is 0.000000230. The molecule has 0 saturated carbocycles. The average Bonchev–Trinajstić information content (AvgIpc) is 3.34. The molecule has 0 radical (unpaired) electrons. The lowest BCUT2D eigenvalue weighted by atomic mass is 9.93. The molecule has 0 spiro atoms. The molecule has 12 heteroatoms. The van der Waals surface area contributed by atoms with E-state index >= 15 is 0 Å². The number of nitrogens with one attached hydrogen (secondary N) is 2. The number of amidine groups is 2. The first kappa shape index (κ1) is 33.6.